The zero-order valence-corrected chi connectivity index (χ0v) is 12.7. The van der Waals surface area contributed by atoms with Crippen LogP contribution in [0.5, 0.6) is 5.75 Å². The summed E-state index contributed by atoms with van der Waals surface area (Å²) in [6.45, 7) is 8.05. The van der Waals surface area contributed by atoms with Gasteiger partial charge in [-0.2, -0.15) is 0 Å². The van der Waals surface area contributed by atoms with Gasteiger partial charge in [-0.15, -0.1) is 0 Å². The van der Waals surface area contributed by atoms with Crippen molar-refractivity contribution in [3.63, 3.8) is 0 Å². The number of nitrogens with zero attached hydrogens (tertiary/aromatic N) is 1. The number of fused-ring (bicyclic) bond motifs is 1. The van der Waals surface area contributed by atoms with E-state index in [4.69, 9.17) is 9.72 Å². The third kappa shape index (κ3) is 3.21. The van der Waals surface area contributed by atoms with Gasteiger partial charge in [-0.05, 0) is 31.9 Å². The molecule has 1 aromatic carbocycles. The molecule has 0 amide bonds. The van der Waals surface area contributed by atoms with E-state index in [1.54, 1.807) is 0 Å². The summed E-state index contributed by atoms with van der Waals surface area (Å²) in [4.78, 5) is 4.80. The third-order valence-electron chi connectivity index (χ3n) is 3.19. The Hall–Kier alpha value is -1.77. The van der Waals surface area contributed by atoms with Crippen molar-refractivity contribution in [2.24, 2.45) is 0 Å². The maximum atomic E-state index is 5.84. The second-order valence-electron chi connectivity index (χ2n) is 4.94. The average Bonchev–Trinajstić information content (AvgIpc) is 2.46. The Labute approximate surface area is 121 Å². The van der Waals surface area contributed by atoms with Gasteiger partial charge in [-0.3, -0.25) is 0 Å². The van der Waals surface area contributed by atoms with Gasteiger partial charge in [0, 0.05) is 23.3 Å². The lowest BCUT2D eigenvalue weighted by molar-refractivity contribution is 0.320. The zero-order valence-electron chi connectivity index (χ0n) is 12.7. The van der Waals surface area contributed by atoms with Gasteiger partial charge in [-0.1, -0.05) is 32.4 Å². The molecule has 0 aliphatic rings. The number of hydrogen-bond acceptors (Lipinski definition) is 3. The standard InChI is InChI=1S/C17H24N2O/c1-4-8-13-12-15(18-6-3)14-9-7-10-16(17(14)19-13)20-11-5-2/h7,9-10,12H,4-6,8,11H2,1-3H3,(H,18,19). The van der Waals surface area contributed by atoms with Crippen molar-refractivity contribution in [1.29, 1.82) is 0 Å². The molecule has 3 nitrogen and oxygen atoms in total. The van der Waals surface area contributed by atoms with Gasteiger partial charge in [0.1, 0.15) is 11.3 Å². The molecule has 0 bridgehead atoms. The summed E-state index contributed by atoms with van der Waals surface area (Å²) in [5.74, 6) is 0.890. The molecule has 0 saturated carbocycles. The van der Waals surface area contributed by atoms with Crippen molar-refractivity contribution in [1.82, 2.24) is 4.98 Å². The van der Waals surface area contributed by atoms with Gasteiger partial charge >= 0.3 is 0 Å². The Morgan fingerprint density at radius 3 is 2.70 bits per heavy atom. The molecular formula is C17H24N2O. The summed E-state index contributed by atoms with van der Waals surface area (Å²) >= 11 is 0. The fourth-order valence-electron chi connectivity index (χ4n) is 2.32. The Morgan fingerprint density at radius 1 is 1.15 bits per heavy atom. The van der Waals surface area contributed by atoms with Crippen molar-refractivity contribution in [2.45, 2.75) is 40.0 Å². The molecule has 0 aliphatic heterocycles. The van der Waals surface area contributed by atoms with Gasteiger partial charge < -0.3 is 10.1 Å². The quantitative estimate of drug-likeness (QED) is 0.810. The third-order valence-corrected chi connectivity index (χ3v) is 3.19. The van der Waals surface area contributed by atoms with E-state index < -0.39 is 0 Å². The maximum Gasteiger partial charge on any atom is 0.145 e. The highest BCUT2D eigenvalue weighted by Crippen LogP contribution is 2.30. The molecule has 0 aliphatic carbocycles. The monoisotopic (exact) mass is 272 g/mol. The molecule has 1 aromatic heterocycles. The lowest BCUT2D eigenvalue weighted by Crippen LogP contribution is -2.03. The van der Waals surface area contributed by atoms with Crippen LogP contribution in [0.4, 0.5) is 5.69 Å². The number of nitrogens with one attached hydrogen (secondary N) is 1. The molecule has 0 saturated heterocycles. The number of para-hydroxylation sites is 1. The van der Waals surface area contributed by atoms with Crippen LogP contribution in [0.2, 0.25) is 0 Å². The summed E-state index contributed by atoms with van der Waals surface area (Å²) in [5.41, 5.74) is 3.26. The lowest BCUT2D eigenvalue weighted by atomic mass is 10.1. The molecule has 0 fully saturated rings. The first-order chi connectivity index (χ1) is 9.80. The van der Waals surface area contributed by atoms with Crippen molar-refractivity contribution >= 4 is 16.6 Å². The van der Waals surface area contributed by atoms with Crippen molar-refractivity contribution in [3.8, 4) is 5.75 Å². The number of pyridine rings is 1. The van der Waals surface area contributed by atoms with Crippen LogP contribution in [-0.4, -0.2) is 18.1 Å². The molecule has 1 N–H and O–H groups in total. The van der Waals surface area contributed by atoms with Crippen LogP contribution in [0.15, 0.2) is 24.3 Å². The fraction of sp³-hybridized carbons (Fsp3) is 0.471. The minimum Gasteiger partial charge on any atom is -0.491 e. The fourth-order valence-corrected chi connectivity index (χ4v) is 2.32. The summed E-state index contributed by atoms with van der Waals surface area (Å²) in [7, 11) is 0. The molecule has 0 unspecified atom stereocenters. The molecule has 0 radical (unpaired) electrons. The van der Waals surface area contributed by atoms with Crippen molar-refractivity contribution < 1.29 is 4.74 Å². The molecule has 2 rings (SSSR count). The zero-order chi connectivity index (χ0) is 14.4. The minimum atomic E-state index is 0.731. The van der Waals surface area contributed by atoms with Gasteiger partial charge in [-0.25, -0.2) is 4.98 Å². The number of benzene rings is 1. The topological polar surface area (TPSA) is 34.1 Å². The first kappa shape index (κ1) is 14.6. The highest BCUT2D eigenvalue weighted by molar-refractivity contribution is 5.95. The predicted octanol–water partition coefficient (Wildman–Crippen LogP) is 4.41. The van der Waals surface area contributed by atoms with E-state index in [1.807, 2.05) is 12.1 Å². The minimum absolute atomic E-state index is 0.731. The number of rotatable bonds is 7. The SMILES string of the molecule is CCCOc1cccc2c(NCC)cc(CCC)nc12. The van der Waals surface area contributed by atoms with Crippen molar-refractivity contribution in [3.05, 3.63) is 30.0 Å². The van der Waals surface area contributed by atoms with Crippen LogP contribution in [0.25, 0.3) is 10.9 Å². The van der Waals surface area contributed by atoms with Crippen LogP contribution in [0.3, 0.4) is 0 Å². The summed E-state index contributed by atoms with van der Waals surface area (Å²) in [6.07, 6.45) is 3.10. The molecule has 108 valence electrons. The van der Waals surface area contributed by atoms with E-state index in [0.717, 1.165) is 60.4 Å². The van der Waals surface area contributed by atoms with Crippen LogP contribution >= 0.6 is 0 Å². The largest absolute Gasteiger partial charge is 0.491 e. The van der Waals surface area contributed by atoms with Crippen molar-refractivity contribution in [2.75, 3.05) is 18.5 Å². The first-order valence-electron chi connectivity index (χ1n) is 7.59. The summed E-state index contributed by atoms with van der Waals surface area (Å²) in [6, 6.07) is 8.32. The highest BCUT2D eigenvalue weighted by Gasteiger charge is 2.09. The summed E-state index contributed by atoms with van der Waals surface area (Å²) < 4.78 is 5.84. The number of ether oxygens (including phenoxy) is 1. The lowest BCUT2D eigenvalue weighted by Gasteiger charge is -2.13. The molecular weight excluding hydrogens is 248 g/mol. The number of aromatic nitrogens is 1. The molecule has 20 heavy (non-hydrogen) atoms. The van der Waals surface area contributed by atoms with Gasteiger partial charge in [0.15, 0.2) is 0 Å². The van der Waals surface area contributed by atoms with E-state index in [0.29, 0.717) is 0 Å². The number of aryl methyl sites for hydroxylation is 1. The van der Waals surface area contributed by atoms with Gasteiger partial charge in [0.25, 0.3) is 0 Å². The van der Waals surface area contributed by atoms with Crippen LogP contribution in [-0.2, 0) is 6.42 Å². The van der Waals surface area contributed by atoms with E-state index in [1.165, 1.54) is 0 Å². The van der Waals surface area contributed by atoms with Crippen LogP contribution < -0.4 is 10.1 Å². The average molecular weight is 272 g/mol. The Morgan fingerprint density at radius 2 is 2.00 bits per heavy atom. The van der Waals surface area contributed by atoms with E-state index in [-0.39, 0.29) is 0 Å². The Balaban J connectivity index is 2.53. The predicted molar refractivity (Wildman–Crippen MR) is 85.7 cm³/mol. The molecule has 0 atom stereocenters. The Bertz CT molecular complexity index is 566. The van der Waals surface area contributed by atoms with E-state index >= 15 is 0 Å². The summed E-state index contributed by atoms with van der Waals surface area (Å²) in [5, 5.41) is 4.58. The smallest absolute Gasteiger partial charge is 0.145 e. The first-order valence-corrected chi connectivity index (χ1v) is 7.59. The van der Waals surface area contributed by atoms with Gasteiger partial charge in [0.05, 0.1) is 6.61 Å². The molecule has 3 heteroatoms. The maximum absolute atomic E-state index is 5.84. The molecule has 0 spiro atoms. The van der Waals surface area contributed by atoms with Crippen LogP contribution in [0, 0.1) is 0 Å². The number of hydrogen-bond donors (Lipinski definition) is 1. The molecule has 1 heterocycles. The Kier molecular flexibility index (Phi) is 5.22. The van der Waals surface area contributed by atoms with E-state index in [2.05, 4.69) is 38.2 Å². The highest BCUT2D eigenvalue weighted by atomic mass is 16.5. The van der Waals surface area contributed by atoms with Gasteiger partial charge in [0.2, 0.25) is 0 Å². The number of anilines is 1. The van der Waals surface area contributed by atoms with Crippen LogP contribution in [0.1, 0.15) is 39.3 Å². The van der Waals surface area contributed by atoms with E-state index in [9.17, 15) is 0 Å². The molecule has 2 aromatic rings. The second-order valence-corrected chi connectivity index (χ2v) is 4.94. The normalized spacial score (nSPS) is 10.8. The second kappa shape index (κ2) is 7.13.